The summed E-state index contributed by atoms with van der Waals surface area (Å²) in [6.07, 6.45) is 7.29. The molecule has 1 aliphatic heterocycles. The van der Waals surface area contributed by atoms with Gasteiger partial charge in [-0.05, 0) is 37.3 Å². The lowest BCUT2D eigenvalue weighted by Crippen LogP contribution is -2.42. The molecule has 0 fully saturated rings. The number of nitrogens with zero attached hydrogens (tertiary/aromatic N) is 2. The Hall–Kier alpha value is -2.04. The highest BCUT2D eigenvalue weighted by Crippen LogP contribution is 2.19. The molecule has 1 aromatic carbocycles. The van der Waals surface area contributed by atoms with Gasteiger partial charge in [-0.25, -0.2) is 0 Å². The van der Waals surface area contributed by atoms with E-state index in [-0.39, 0.29) is 5.91 Å². The number of benzene rings is 1. The van der Waals surface area contributed by atoms with Crippen molar-refractivity contribution in [2.45, 2.75) is 71.4 Å². The third kappa shape index (κ3) is 7.24. The third-order valence-corrected chi connectivity index (χ3v) is 5.19. The van der Waals surface area contributed by atoms with Crippen LogP contribution in [0.1, 0.15) is 63.5 Å². The molecule has 0 spiro atoms. The molecule has 0 aromatic heterocycles. The van der Waals surface area contributed by atoms with Gasteiger partial charge in [0.1, 0.15) is 0 Å². The van der Waals surface area contributed by atoms with Crippen LogP contribution in [0.4, 0.5) is 0 Å². The lowest BCUT2D eigenvalue weighted by molar-refractivity contribution is -0.132. The van der Waals surface area contributed by atoms with Crippen LogP contribution < -0.4 is 10.6 Å². The Balaban J connectivity index is 1.65. The van der Waals surface area contributed by atoms with Gasteiger partial charge in [0, 0.05) is 39.1 Å². The molecule has 5 heteroatoms. The third-order valence-electron chi connectivity index (χ3n) is 5.19. The summed E-state index contributed by atoms with van der Waals surface area (Å²) in [5.74, 6) is 1.08. The molecule has 2 rings (SSSR count). The zero-order valence-corrected chi connectivity index (χ0v) is 17.3. The normalized spacial score (nSPS) is 15.2. The van der Waals surface area contributed by atoms with Gasteiger partial charge in [0.05, 0.1) is 0 Å². The maximum absolute atomic E-state index is 12.5. The van der Waals surface area contributed by atoms with Crippen LogP contribution in [0.2, 0.25) is 0 Å². The fourth-order valence-electron chi connectivity index (χ4n) is 3.51. The number of aliphatic imine (C=N–C) groups is 1. The summed E-state index contributed by atoms with van der Waals surface area (Å²) in [6, 6.07) is 8.85. The number of carbonyl (C=O) groups is 1. The van der Waals surface area contributed by atoms with Gasteiger partial charge in [-0.1, -0.05) is 50.5 Å². The molecule has 1 heterocycles. The largest absolute Gasteiger partial charge is 0.356 e. The Morgan fingerprint density at radius 3 is 2.74 bits per heavy atom. The summed E-state index contributed by atoms with van der Waals surface area (Å²) in [4.78, 5) is 18.8. The molecule has 0 saturated carbocycles. The highest BCUT2D eigenvalue weighted by Gasteiger charge is 2.19. The fourth-order valence-corrected chi connectivity index (χ4v) is 3.51. The van der Waals surface area contributed by atoms with Crippen LogP contribution in [-0.4, -0.2) is 42.9 Å². The topological polar surface area (TPSA) is 56.7 Å². The van der Waals surface area contributed by atoms with E-state index in [9.17, 15) is 4.79 Å². The number of hydrogen-bond donors (Lipinski definition) is 2. The van der Waals surface area contributed by atoms with Crippen molar-refractivity contribution in [1.82, 2.24) is 15.5 Å². The average Bonchev–Trinajstić information content (AvgIpc) is 2.69. The van der Waals surface area contributed by atoms with E-state index in [2.05, 4.69) is 53.7 Å². The number of carbonyl (C=O) groups excluding carboxylic acids is 1. The summed E-state index contributed by atoms with van der Waals surface area (Å²) in [7, 11) is 1.80. The van der Waals surface area contributed by atoms with Crippen LogP contribution in [0.25, 0.3) is 0 Å². The van der Waals surface area contributed by atoms with Crippen LogP contribution in [0, 0.1) is 0 Å². The molecule has 150 valence electrons. The molecule has 2 N–H and O–H groups in total. The minimum Gasteiger partial charge on any atom is -0.356 e. The second kappa shape index (κ2) is 11.6. The number of amides is 1. The summed E-state index contributed by atoms with van der Waals surface area (Å²) < 4.78 is 0. The molecule has 1 amide bonds. The molecular formula is C22H36N4O. The predicted octanol–water partition coefficient (Wildman–Crippen LogP) is 3.49. The van der Waals surface area contributed by atoms with Crippen LogP contribution >= 0.6 is 0 Å². The summed E-state index contributed by atoms with van der Waals surface area (Å²) in [6.45, 7) is 6.77. The SMILES string of the molecule is CCCCCC(C)NC(=NC)NCCCC(=O)N1CCc2ccccc2C1. The van der Waals surface area contributed by atoms with Crippen molar-refractivity contribution in [3.8, 4) is 0 Å². The molecule has 1 unspecified atom stereocenters. The number of rotatable bonds is 9. The highest BCUT2D eigenvalue weighted by atomic mass is 16.2. The molecule has 0 bridgehead atoms. The van der Waals surface area contributed by atoms with Gasteiger partial charge in [0.2, 0.25) is 5.91 Å². The zero-order valence-electron chi connectivity index (χ0n) is 17.3. The Morgan fingerprint density at radius 2 is 2.00 bits per heavy atom. The smallest absolute Gasteiger partial charge is 0.222 e. The number of unbranched alkanes of at least 4 members (excludes halogenated alkanes) is 2. The van der Waals surface area contributed by atoms with Crippen molar-refractivity contribution in [2.75, 3.05) is 20.1 Å². The summed E-state index contributed by atoms with van der Waals surface area (Å²) >= 11 is 0. The first kappa shape index (κ1) is 21.3. The molecular weight excluding hydrogens is 336 g/mol. The minimum absolute atomic E-state index is 0.252. The van der Waals surface area contributed by atoms with E-state index < -0.39 is 0 Å². The first-order valence-electron chi connectivity index (χ1n) is 10.5. The van der Waals surface area contributed by atoms with Crippen molar-refractivity contribution < 1.29 is 4.79 Å². The lowest BCUT2D eigenvalue weighted by atomic mass is 9.99. The van der Waals surface area contributed by atoms with Gasteiger partial charge in [-0.15, -0.1) is 0 Å². The van der Waals surface area contributed by atoms with E-state index in [1.165, 1.54) is 30.4 Å². The van der Waals surface area contributed by atoms with Crippen molar-refractivity contribution in [3.63, 3.8) is 0 Å². The second-order valence-corrected chi connectivity index (χ2v) is 7.48. The molecule has 27 heavy (non-hydrogen) atoms. The summed E-state index contributed by atoms with van der Waals surface area (Å²) in [5.41, 5.74) is 2.67. The lowest BCUT2D eigenvalue weighted by Gasteiger charge is -2.29. The first-order valence-corrected chi connectivity index (χ1v) is 10.5. The molecule has 1 atom stereocenters. The molecule has 1 aromatic rings. The van der Waals surface area contributed by atoms with Gasteiger partial charge in [0.15, 0.2) is 5.96 Å². The fraction of sp³-hybridized carbons (Fsp3) is 0.636. The van der Waals surface area contributed by atoms with E-state index >= 15 is 0 Å². The van der Waals surface area contributed by atoms with Crippen molar-refractivity contribution in [2.24, 2.45) is 4.99 Å². The molecule has 1 aliphatic rings. The molecule has 0 saturated heterocycles. The predicted molar refractivity (Wildman–Crippen MR) is 113 cm³/mol. The Kier molecular flexibility index (Phi) is 9.16. The van der Waals surface area contributed by atoms with Crippen molar-refractivity contribution in [1.29, 1.82) is 0 Å². The van der Waals surface area contributed by atoms with Crippen LogP contribution in [-0.2, 0) is 17.8 Å². The number of nitrogens with one attached hydrogen (secondary N) is 2. The molecule has 0 radical (unpaired) electrons. The van der Waals surface area contributed by atoms with E-state index in [4.69, 9.17) is 0 Å². The van der Waals surface area contributed by atoms with Crippen LogP contribution in [0.15, 0.2) is 29.3 Å². The van der Waals surface area contributed by atoms with Gasteiger partial charge in [-0.3, -0.25) is 9.79 Å². The standard InChI is InChI=1S/C22H36N4O/c1-4-5-6-10-18(2)25-22(23-3)24-15-9-13-21(27)26-16-14-19-11-7-8-12-20(19)17-26/h7-8,11-12,18H,4-6,9-10,13-17H2,1-3H3,(H2,23,24,25). The second-order valence-electron chi connectivity index (χ2n) is 7.48. The van der Waals surface area contributed by atoms with E-state index in [0.717, 1.165) is 44.9 Å². The van der Waals surface area contributed by atoms with Crippen molar-refractivity contribution in [3.05, 3.63) is 35.4 Å². The van der Waals surface area contributed by atoms with E-state index in [1.807, 2.05) is 4.90 Å². The Labute approximate surface area is 164 Å². The average molecular weight is 373 g/mol. The van der Waals surface area contributed by atoms with E-state index in [1.54, 1.807) is 7.05 Å². The van der Waals surface area contributed by atoms with Gasteiger partial charge < -0.3 is 15.5 Å². The van der Waals surface area contributed by atoms with Gasteiger partial charge >= 0.3 is 0 Å². The highest BCUT2D eigenvalue weighted by molar-refractivity contribution is 5.80. The summed E-state index contributed by atoms with van der Waals surface area (Å²) in [5, 5.41) is 6.76. The number of fused-ring (bicyclic) bond motifs is 1. The number of hydrogen-bond acceptors (Lipinski definition) is 2. The van der Waals surface area contributed by atoms with Gasteiger partial charge in [-0.2, -0.15) is 0 Å². The Morgan fingerprint density at radius 1 is 1.22 bits per heavy atom. The van der Waals surface area contributed by atoms with E-state index in [0.29, 0.717) is 12.5 Å². The quantitative estimate of drug-likeness (QED) is 0.396. The Bertz CT molecular complexity index is 614. The monoisotopic (exact) mass is 372 g/mol. The molecule has 5 nitrogen and oxygen atoms in total. The minimum atomic E-state index is 0.252. The maximum Gasteiger partial charge on any atom is 0.222 e. The maximum atomic E-state index is 12.5. The van der Waals surface area contributed by atoms with Crippen LogP contribution in [0.3, 0.4) is 0 Å². The van der Waals surface area contributed by atoms with Crippen LogP contribution in [0.5, 0.6) is 0 Å². The van der Waals surface area contributed by atoms with Gasteiger partial charge in [0.25, 0.3) is 0 Å². The number of guanidine groups is 1. The molecule has 0 aliphatic carbocycles. The first-order chi connectivity index (χ1) is 13.1. The van der Waals surface area contributed by atoms with Crippen molar-refractivity contribution >= 4 is 11.9 Å². The zero-order chi connectivity index (χ0) is 19.5.